The van der Waals surface area contributed by atoms with Crippen LogP contribution in [0, 0.1) is 5.82 Å². The number of nitrogens with one attached hydrogen (secondary N) is 1. The van der Waals surface area contributed by atoms with Crippen molar-refractivity contribution in [3.05, 3.63) is 29.6 Å². The first-order chi connectivity index (χ1) is 12.2. The summed E-state index contributed by atoms with van der Waals surface area (Å²) in [7, 11) is -1.02. The van der Waals surface area contributed by atoms with Crippen LogP contribution in [0.1, 0.15) is 24.8 Å². The Labute approximate surface area is 151 Å². The first kappa shape index (κ1) is 18.6. The van der Waals surface area contributed by atoms with Gasteiger partial charge in [0, 0.05) is 25.4 Å². The van der Waals surface area contributed by atoms with Crippen LogP contribution in [0.5, 0.6) is 0 Å². The van der Waals surface area contributed by atoms with Crippen LogP contribution >= 0.6 is 0 Å². The highest BCUT2D eigenvalue weighted by Crippen LogP contribution is 2.49. The molecule has 0 radical (unpaired) electrons. The van der Waals surface area contributed by atoms with Gasteiger partial charge in [0.15, 0.2) is 0 Å². The van der Waals surface area contributed by atoms with Crippen molar-refractivity contribution in [3.8, 4) is 0 Å². The van der Waals surface area contributed by atoms with Gasteiger partial charge in [-0.15, -0.1) is 0 Å². The number of benzene rings is 1. The highest BCUT2D eigenvalue weighted by molar-refractivity contribution is 7.90. The van der Waals surface area contributed by atoms with Gasteiger partial charge in [0.05, 0.1) is 0 Å². The molecule has 8 nitrogen and oxygen atoms in total. The lowest BCUT2D eigenvalue weighted by Gasteiger charge is -2.39. The maximum absolute atomic E-state index is 14.7. The second-order valence-corrected chi connectivity index (χ2v) is 8.61. The molecule has 1 heterocycles. The van der Waals surface area contributed by atoms with Gasteiger partial charge in [-0.2, -0.15) is 0 Å². The van der Waals surface area contributed by atoms with E-state index in [2.05, 4.69) is 10.3 Å². The molecular formula is C16H21FN4O4S. The Bertz CT molecular complexity index is 873. The molecule has 0 spiro atoms. The quantitative estimate of drug-likeness (QED) is 0.795. The van der Waals surface area contributed by atoms with Crippen LogP contribution in [-0.2, 0) is 25.1 Å². The molecule has 10 heteroatoms. The summed E-state index contributed by atoms with van der Waals surface area (Å²) in [6.45, 7) is -0.148. The van der Waals surface area contributed by atoms with Crippen molar-refractivity contribution >= 4 is 27.6 Å². The monoisotopic (exact) mass is 384 g/mol. The largest absolute Gasteiger partial charge is 0.375 e. The molecule has 2 unspecified atom stereocenters. The molecule has 1 fully saturated rings. The average molecular weight is 384 g/mol. The fraction of sp³-hybridized carbons (Fsp3) is 0.500. The van der Waals surface area contributed by atoms with Gasteiger partial charge < -0.3 is 15.8 Å². The van der Waals surface area contributed by atoms with E-state index in [4.69, 9.17) is 10.5 Å². The van der Waals surface area contributed by atoms with E-state index in [1.807, 2.05) is 0 Å². The number of halogens is 1. The molecule has 3 N–H and O–H groups in total. The molecule has 1 aromatic rings. The van der Waals surface area contributed by atoms with E-state index in [9.17, 15) is 17.6 Å². The lowest BCUT2D eigenvalue weighted by Crippen LogP contribution is -2.55. The molecule has 1 aliphatic heterocycles. The number of hydrogen-bond acceptors (Lipinski definition) is 6. The van der Waals surface area contributed by atoms with E-state index in [1.165, 1.54) is 32.4 Å². The SMILES string of the molecule is COCC(=O)Nc1ccc(F)c(C23CCCC2S(=O)(=O)N(C)C(N)=N3)c1. The minimum Gasteiger partial charge on any atom is -0.375 e. The number of sulfonamides is 1. The Morgan fingerprint density at radius 2 is 2.27 bits per heavy atom. The smallest absolute Gasteiger partial charge is 0.250 e. The first-order valence-electron chi connectivity index (χ1n) is 8.14. The molecule has 0 bridgehead atoms. The van der Waals surface area contributed by atoms with Gasteiger partial charge in [0.2, 0.25) is 21.9 Å². The van der Waals surface area contributed by atoms with Gasteiger partial charge in [-0.25, -0.2) is 22.1 Å². The summed E-state index contributed by atoms with van der Waals surface area (Å²) < 4.78 is 46.0. The first-order valence-corrected chi connectivity index (χ1v) is 9.64. The lowest BCUT2D eigenvalue weighted by molar-refractivity contribution is -0.119. The van der Waals surface area contributed by atoms with Crippen LogP contribution in [0.15, 0.2) is 23.2 Å². The highest BCUT2D eigenvalue weighted by atomic mass is 32.2. The van der Waals surface area contributed by atoms with Gasteiger partial charge in [-0.1, -0.05) is 0 Å². The molecule has 1 aromatic carbocycles. The Balaban J connectivity index is 2.11. The van der Waals surface area contributed by atoms with Gasteiger partial charge >= 0.3 is 0 Å². The molecule has 0 aromatic heterocycles. The maximum atomic E-state index is 14.7. The number of guanidine groups is 1. The minimum atomic E-state index is -3.75. The highest BCUT2D eigenvalue weighted by Gasteiger charge is 2.56. The number of methoxy groups -OCH3 is 1. The van der Waals surface area contributed by atoms with E-state index in [1.54, 1.807) is 0 Å². The van der Waals surface area contributed by atoms with Crippen molar-refractivity contribution in [2.75, 3.05) is 26.1 Å². The van der Waals surface area contributed by atoms with Gasteiger partial charge in [-0.05, 0) is 37.5 Å². The second kappa shape index (κ2) is 6.51. The van der Waals surface area contributed by atoms with Crippen LogP contribution in [0.4, 0.5) is 10.1 Å². The van der Waals surface area contributed by atoms with Crippen molar-refractivity contribution in [1.29, 1.82) is 0 Å². The topological polar surface area (TPSA) is 114 Å². The summed E-state index contributed by atoms with van der Waals surface area (Å²) in [6.07, 6.45) is 1.30. The number of anilines is 1. The van der Waals surface area contributed by atoms with Crippen LogP contribution < -0.4 is 11.1 Å². The molecule has 1 amide bonds. The van der Waals surface area contributed by atoms with Crippen molar-refractivity contribution in [3.63, 3.8) is 0 Å². The minimum absolute atomic E-state index is 0.120. The van der Waals surface area contributed by atoms with Gasteiger partial charge in [0.1, 0.15) is 23.2 Å². The van der Waals surface area contributed by atoms with Crippen molar-refractivity contribution in [2.24, 2.45) is 10.7 Å². The fourth-order valence-electron chi connectivity index (χ4n) is 3.71. The lowest BCUT2D eigenvalue weighted by atomic mass is 9.87. The molecule has 2 aliphatic rings. The number of aliphatic imine (C=N–C) groups is 1. The number of fused-ring (bicyclic) bond motifs is 1. The maximum Gasteiger partial charge on any atom is 0.250 e. The zero-order valence-corrected chi connectivity index (χ0v) is 15.3. The average Bonchev–Trinajstić information content (AvgIpc) is 3.01. The van der Waals surface area contributed by atoms with E-state index < -0.39 is 32.5 Å². The van der Waals surface area contributed by atoms with E-state index in [0.29, 0.717) is 24.9 Å². The van der Waals surface area contributed by atoms with Gasteiger partial charge in [0.25, 0.3) is 0 Å². The molecule has 26 heavy (non-hydrogen) atoms. The number of hydrogen-bond donors (Lipinski definition) is 2. The number of amides is 1. The molecule has 1 saturated carbocycles. The van der Waals surface area contributed by atoms with Crippen molar-refractivity contribution < 1.29 is 22.3 Å². The molecule has 3 rings (SSSR count). The third kappa shape index (κ3) is 2.82. The second-order valence-electron chi connectivity index (χ2n) is 6.46. The van der Waals surface area contributed by atoms with Crippen LogP contribution in [-0.4, -0.2) is 50.6 Å². The Hall–Kier alpha value is -2.20. The fourth-order valence-corrected chi connectivity index (χ4v) is 5.65. The summed E-state index contributed by atoms with van der Waals surface area (Å²) >= 11 is 0. The molecule has 0 saturated heterocycles. The normalized spacial score (nSPS) is 27.0. The summed E-state index contributed by atoms with van der Waals surface area (Å²) in [5.41, 5.74) is 5.00. The predicted octanol–water partition coefficient (Wildman–Crippen LogP) is 0.748. The van der Waals surface area contributed by atoms with Crippen molar-refractivity contribution in [2.45, 2.75) is 30.1 Å². The molecule has 2 atom stereocenters. The Kier molecular flexibility index (Phi) is 4.65. The van der Waals surface area contributed by atoms with Crippen LogP contribution in [0.2, 0.25) is 0 Å². The van der Waals surface area contributed by atoms with Crippen LogP contribution in [0.3, 0.4) is 0 Å². The summed E-state index contributed by atoms with van der Waals surface area (Å²) in [5.74, 6) is -1.15. The predicted molar refractivity (Wildman–Crippen MR) is 94.5 cm³/mol. The number of nitrogens with zero attached hydrogens (tertiary/aromatic N) is 2. The number of nitrogens with two attached hydrogens (primary N) is 1. The number of ether oxygens (including phenoxy) is 1. The van der Waals surface area contributed by atoms with Crippen LogP contribution in [0.25, 0.3) is 0 Å². The Morgan fingerprint density at radius 1 is 1.54 bits per heavy atom. The summed E-state index contributed by atoms with van der Waals surface area (Å²) in [5, 5.41) is 1.70. The zero-order chi connectivity index (χ0) is 19.1. The third-order valence-corrected chi connectivity index (χ3v) is 7.22. The third-order valence-electron chi connectivity index (χ3n) is 4.93. The van der Waals surface area contributed by atoms with E-state index in [-0.39, 0.29) is 18.1 Å². The standard InChI is InChI=1S/C16H21FN4O4S/c1-21-15(18)20-16(7-3-4-13(16)26(21,23)24)11-8-10(5-6-12(11)17)19-14(22)9-25-2/h5-6,8,13H,3-4,7,9H2,1-2H3,(H2,18,20)(H,19,22). The number of carbonyl (C=O) groups is 1. The van der Waals surface area contributed by atoms with E-state index in [0.717, 1.165) is 4.31 Å². The molecule has 1 aliphatic carbocycles. The van der Waals surface area contributed by atoms with Gasteiger partial charge in [-0.3, -0.25) is 4.79 Å². The Morgan fingerprint density at radius 3 is 2.96 bits per heavy atom. The summed E-state index contributed by atoms with van der Waals surface area (Å²) in [4.78, 5) is 16.1. The zero-order valence-electron chi connectivity index (χ0n) is 14.5. The van der Waals surface area contributed by atoms with E-state index >= 15 is 0 Å². The van der Waals surface area contributed by atoms with Crippen molar-refractivity contribution in [1.82, 2.24) is 4.31 Å². The molecule has 142 valence electrons. The number of carbonyl (C=O) groups excluding carboxylic acids is 1. The summed E-state index contributed by atoms with van der Waals surface area (Å²) in [6, 6.07) is 4.03. The number of rotatable bonds is 4. The molecular weight excluding hydrogens is 363 g/mol.